The Bertz CT molecular complexity index is 593. The third-order valence-electron chi connectivity index (χ3n) is 2.57. The van der Waals surface area contributed by atoms with E-state index in [9.17, 15) is 4.79 Å². The fourth-order valence-corrected chi connectivity index (χ4v) is 1.67. The lowest BCUT2D eigenvalue weighted by Crippen LogP contribution is -3.00. The molecule has 0 saturated heterocycles. The smallest absolute Gasteiger partial charge is 0.411 e. The summed E-state index contributed by atoms with van der Waals surface area (Å²) < 4.78 is 4.79. The summed E-state index contributed by atoms with van der Waals surface area (Å²) in [6, 6.07) is 11.4. The first kappa shape index (κ1) is 16.7. The molecule has 0 aliphatic carbocycles. The molecule has 0 aliphatic heterocycles. The molecule has 0 radical (unpaired) electrons. The predicted molar refractivity (Wildman–Crippen MR) is 77.0 cm³/mol. The van der Waals surface area contributed by atoms with Gasteiger partial charge in [-0.2, -0.15) is 0 Å². The summed E-state index contributed by atoms with van der Waals surface area (Å²) in [7, 11) is 0. The summed E-state index contributed by atoms with van der Waals surface area (Å²) in [5.41, 5.74) is 7.94. The fourth-order valence-electron chi connectivity index (χ4n) is 1.67. The Kier molecular flexibility index (Phi) is 6.45. The van der Waals surface area contributed by atoms with Crippen molar-refractivity contribution >= 4 is 29.0 Å². The van der Waals surface area contributed by atoms with Crippen molar-refractivity contribution < 1.29 is 27.3 Å². The number of ether oxygens (including phenoxy) is 1. The summed E-state index contributed by atoms with van der Waals surface area (Å²) in [5, 5.41) is 4.44. The molecule has 0 unspecified atom stereocenters. The van der Waals surface area contributed by atoms with Crippen LogP contribution in [0.3, 0.4) is 0 Å². The van der Waals surface area contributed by atoms with Crippen molar-refractivity contribution in [3.05, 3.63) is 42.6 Å². The van der Waals surface area contributed by atoms with E-state index in [0.29, 0.717) is 23.8 Å². The van der Waals surface area contributed by atoms with Gasteiger partial charge in [-0.25, -0.2) is 9.78 Å². The lowest BCUT2D eigenvalue weighted by atomic mass is 10.3. The zero-order chi connectivity index (χ0) is 14.4. The molecule has 1 aromatic heterocycles. The number of carbonyl (C=O) groups excluding carboxylic acids is 1. The summed E-state index contributed by atoms with van der Waals surface area (Å²) in [4.78, 5) is 15.5. The van der Waals surface area contributed by atoms with Gasteiger partial charge in [0.05, 0.1) is 18.5 Å². The van der Waals surface area contributed by atoms with Crippen LogP contribution in [0.4, 0.5) is 27.7 Å². The van der Waals surface area contributed by atoms with Crippen LogP contribution >= 0.6 is 0 Å². The lowest BCUT2D eigenvalue weighted by molar-refractivity contribution is -0.482. The molecule has 6 nitrogen and oxygen atoms in total. The maximum Gasteiger partial charge on any atom is 0.411 e. The van der Waals surface area contributed by atoms with Crippen molar-refractivity contribution in [3.63, 3.8) is 0 Å². The zero-order valence-electron chi connectivity index (χ0n) is 11.5. The highest BCUT2D eigenvalue weighted by Crippen LogP contribution is 2.17. The van der Waals surface area contributed by atoms with Crippen molar-refractivity contribution in [1.82, 2.24) is 4.98 Å². The minimum Gasteiger partial charge on any atom is -1.00 e. The highest BCUT2D eigenvalue weighted by atomic mass is 35.5. The maximum atomic E-state index is 11.3. The molecule has 1 amide bonds. The normalized spacial score (nSPS) is 9.57. The van der Waals surface area contributed by atoms with Gasteiger partial charge < -0.3 is 22.9 Å². The van der Waals surface area contributed by atoms with Gasteiger partial charge >= 0.3 is 6.09 Å². The average Bonchev–Trinajstić information content (AvgIpc) is 2.43. The van der Waals surface area contributed by atoms with Crippen LogP contribution in [0, 0.1) is 0 Å². The van der Waals surface area contributed by atoms with Crippen LogP contribution in [0.5, 0.6) is 0 Å². The number of pyridine rings is 1. The number of halogens is 1. The van der Waals surface area contributed by atoms with E-state index >= 15 is 0 Å². The number of amides is 1. The molecule has 2 rings (SSSR count). The van der Waals surface area contributed by atoms with E-state index in [4.69, 9.17) is 10.5 Å². The number of anilines is 2. The van der Waals surface area contributed by atoms with Gasteiger partial charge in [-0.05, 0) is 25.1 Å². The quantitative estimate of drug-likeness (QED) is 0.616. The second-order valence-corrected chi connectivity index (χ2v) is 4.10. The first-order valence-corrected chi connectivity index (χ1v) is 6.28. The van der Waals surface area contributed by atoms with E-state index in [1.807, 2.05) is 35.6 Å². The SMILES string of the molecule is CCOC(=O)Nc1cnc([NH2+]c2ccccc2)c(N)c1.[Cl-]. The molecule has 7 heteroatoms. The van der Waals surface area contributed by atoms with Crippen LogP contribution in [0.25, 0.3) is 0 Å². The number of hydrogen-bond donors (Lipinski definition) is 3. The number of aromatic nitrogens is 1. The lowest BCUT2D eigenvalue weighted by Gasteiger charge is -2.07. The van der Waals surface area contributed by atoms with E-state index in [2.05, 4.69) is 10.3 Å². The number of carbonyl (C=O) groups is 1. The largest absolute Gasteiger partial charge is 1.00 e. The van der Waals surface area contributed by atoms with Crippen molar-refractivity contribution in [3.8, 4) is 0 Å². The van der Waals surface area contributed by atoms with E-state index in [0.717, 1.165) is 5.69 Å². The van der Waals surface area contributed by atoms with Crippen molar-refractivity contribution in [2.75, 3.05) is 17.7 Å². The number of nitrogens with zero attached hydrogens (tertiary/aromatic N) is 1. The third-order valence-corrected chi connectivity index (χ3v) is 2.57. The molecule has 1 heterocycles. The maximum absolute atomic E-state index is 11.3. The monoisotopic (exact) mass is 308 g/mol. The second-order valence-electron chi connectivity index (χ2n) is 4.10. The van der Waals surface area contributed by atoms with Crippen LogP contribution < -0.4 is 28.8 Å². The highest BCUT2D eigenvalue weighted by Gasteiger charge is 2.09. The molecule has 0 spiro atoms. The zero-order valence-corrected chi connectivity index (χ0v) is 12.3. The van der Waals surface area contributed by atoms with Crippen LogP contribution in [-0.4, -0.2) is 17.7 Å². The topological polar surface area (TPSA) is 93.8 Å². The summed E-state index contributed by atoms with van der Waals surface area (Å²) >= 11 is 0. The van der Waals surface area contributed by atoms with Gasteiger partial charge in [0, 0.05) is 0 Å². The molecule has 0 aliphatic rings. The molecule has 0 saturated carbocycles. The van der Waals surface area contributed by atoms with Crippen molar-refractivity contribution in [1.29, 1.82) is 0 Å². The Balaban J connectivity index is 0.00000220. The van der Waals surface area contributed by atoms with Gasteiger partial charge in [0.15, 0.2) is 0 Å². The molecule has 2 aromatic rings. The molecular formula is C14H17ClN4O2. The number of nitrogen functional groups attached to an aromatic ring is 1. The number of para-hydroxylation sites is 1. The van der Waals surface area contributed by atoms with Crippen molar-refractivity contribution in [2.24, 2.45) is 0 Å². The number of nitrogens with one attached hydrogen (secondary N) is 1. The molecule has 112 valence electrons. The Labute approximate surface area is 129 Å². The van der Waals surface area contributed by atoms with Gasteiger partial charge in [0.25, 0.3) is 5.82 Å². The number of benzene rings is 1. The molecule has 0 bridgehead atoms. The summed E-state index contributed by atoms with van der Waals surface area (Å²) in [6.45, 7) is 2.05. The molecule has 1 aromatic carbocycles. The number of quaternary nitrogens is 1. The van der Waals surface area contributed by atoms with Crippen molar-refractivity contribution in [2.45, 2.75) is 6.92 Å². The van der Waals surface area contributed by atoms with Gasteiger partial charge in [-0.1, -0.05) is 18.2 Å². The predicted octanol–water partition coefficient (Wildman–Crippen LogP) is -1.24. The molecule has 0 atom stereocenters. The first-order valence-electron chi connectivity index (χ1n) is 6.28. The van der Waals surface area contributed by atoms with Crippen LogP contribution in [-0.2, 0) is 4.74 Å². The minimum absolute atomic E-state index is 0. The van der Waals surface area contributed by atoms with Crippen LogP contribution in [0.1, 0.15) is 6.92 Å². The van der Waals surface area contributed by atoms with Gasteiger partial charge in [0.2, 0.25) is 0 Å². The average molecular weight is 309 g/mol. The molecule has 21 heavy (non-hydrogen) atoms. The molecule has 0 fully saturated rings. The number of rotatable bonds is 4. The van der Waals surface area contributed by atoms with E-state index in [-0.39, 0.29) is 12.4 Å². The van der Waals surface area contributed by atoms with Gasteiger partial charge in [0.1, 0.15) is 11.4 Å². The van der Waals surface area contributed by atoms with Crippen LogP contribution in [0.2, 0.25) is 0 Å². The second kappa shape index (κ2) is 8.08. The van der Waals surface area contributed by atoms with E-state index in [1.165, 1.54) is 0 Å². The van der Waals surface area contributed by atoms with Gasteiger partial charge in [-0.15, -0.1) is 0 Å². The highest BCUT2D eigenvalue weighted by molar-refractivity contribution is 5.85. The fraction of sp³-hybridized carbons (Fsp3) is 0.143. The minimum atomic E-state index is -0.520. The van der Waals surface area contributed by atoms with E-state index < -0.39 is 6.09 Å². The number of nitrogens with two attached hydrogens (primary N) is 2. The summed E-state index contributed by atoms with van der Waals surface area (Å²) in [5.74, 6) is 0.658. The molecular weight excluding hydrogens is 292 g/mol. The summed E-state index contributed by atoms with van der Waals surface area (Å²) in [6.07, 6.45) is 1.02. The number of hydrogen-bond acceptors (Lipinski definition) is 4. The Morgan fingerprint density at radius 2 is 2.10 bits per heavy atom. The Morgan fingerprint density at radius 3 is 2.71 bits per heavy atom. The molecule has 5 N–H and O–H groups in total. The third kappa shape index (κ3) is 4.94. The Hall–Kier alpha value is -2.31. The standard InChI is InChI=1S/C14H16N4O2.ClH/c1-2-20-14(19)18-11-8-12(15)13(16-9-11)17-10-6-4-3-5-7-10;/h3-9H,2,15H2,1H3,(H,16,17)(H,18,19);1H. The Morgan fingerprint density at radius 1 is 1.38 bits per heavy atom. The first-order chi connectivity index (χ1) is 9.69. The van der Waals surface area contributed by atoms with E-state index in [1.54, 1.807) is 19.2 Å². The van der Waals surface area contributed by atoms with Gasteiger partial charge in [-0.3, -0.25) is 10.6 Å². The van der Waals surface area contributed by atoms with Crippen LogP contribution in [0.15, 0.2) is 42.6 Å².